The molecule has 0 radical (unpaired) electrons. The Hall–Kier alpha value is -1.59. The molecule has 1 amide bonds. The second-order valence-corrected chi connectivity index (χ2v) is 3.67. The van der Waals surface area contributed by atoms with Crippen LogP contribution in [0.4, 0.5) is 10.5 Å². The Morgan fingerprint density at radius 2 is 2.12 bits per heavy atom. The maximum atomic E-state index is 11.5. The van der Waals surface area contributed by atoms with Crippen LogP contribution in [0.1, 0.15) is 5.56 Å². The fraction of sp³-hybridized carbons (Fsp3) is 0.364. The SMILES string of the molecule is NCc1ccc(N2C[C@H](CO)OC2=O)cc1. The van der Waals surface area contributed by atoms with Crippen molar-refractivity contribution in [1.29, 1.82) is 0 Å². The van der Waals surface area contributed by atoms with Gasteiger partial charge in [-0.3, -0.25) is 4.90 Å². The molecule has 86 valence electrons. The van der Waals surface area contributed by atoms with Gasteiger partial charge in [0.05, 0.1) is 13.2 Å². The molecule has 1 heterocycles. The van der Waals surface area contributed by atoms with Gasteiger partial charge in [0, 0.05) is 12.2 Å². The number of hydrogen-bond acceptors (Lipinski definition) is 4. The third-order valence-electron chi connectivity index (χ3n) is 2.56. The van der Waals surface area contributed by atoms with Gasteiger partial charge in [-0.25, -0.2) is 4.79 Å². The summed E-state index contributed by atoms with van der Waals surface area (Å²) >= 11 is 0. The molecule has 1 fully saturated rings. The van der Waals surface area contributed by atoms with Gasteiger partial charge in [-0.15, -0.1) is 0 Å². The van der Waals surface area contributed by atoms with E-state index in [2.05, 4.69) is 0 Å². The van der Waals surface area contributed by atoms with E-state index in [0.29, 0.717) is 13.1 Å². The molecule has 5 heteroatoms. The second-order valence-electron chi connectivity index (χ2n) is 3.67. The summed E-state index contributed by atoms with van der Waals surface area (Å²) in [6.07, 6.45) is -0.846. The molecule has 1 aromatic rings. The van der Waals surface area contributed by atoms with E-state index in [9.17, 15) is 4.79 Å². The number of aliphatic hydroxyl groups excluding tert-OH is 1. The fourth-order valence-corrected chi connectivity index (χ4v) is 1.64. The lowest BCUT2D eigenvalue weighted by Crippen LogP contribution is -2.25. The maximum absolute atomic E-state index is 11.5. The van der Waals surface area contributed by atoms with Crippen LogP contribution < -0.4 is 10.6 Å². The number of nitrogens with zero attached hydrogens (tertiary/aromatic N) is 1. The van der Waals surface area contributed by atoms with Crippen molar-refractivity contribution in [2.75, 3.05) is 18.1 Å². The minimum absolute atomic E-state index is 0.150. The standard InChI is InChI=1S/C11H14N2O3/c12-5-8-1-3-9(4-2-8)13-6-10(7-14)16-11(13)15/h1-4,10,14H,5-7,12H2/t10-/m1/s1. The number of anilines is 1. The Morgan fingerprint density at radius 3 is 2.62 bits per heavy atom. The molecule has 1 atom stereocenters. The number of ether oxygens (including phenoxy) is 1. The van der Waals surface area contributed by atoms with Gasteiger partial charge < -0.3 is 15.6 Å². The first-order valence-electron chi connectivity index (χ1n) is 5.12. The van der Waals surface area contributed by atoms with Crippen molar-refractivity contribution in [2.45, 2.75) is 12.6 Å². The first kappa shape index (κ1) is 10.9. The molecule has 0 aliphatic carbocycles. The predicted molar refractivity (Wildman–Crippen MR) is 59.0 cm³/mol. The summed E-state index contributed by atoms with van der Waals surface area (Å²) < 4.78 is 4.95. The lowest BCUT2D eigenvalue weighted by molar-refractivity contribution is 0.0963. The zero-order valence-electron chi connectivity index (χ0n) is 8.80. The molecule has 1 aromatic carbocycles. The van der Waals surface area contributed by atoms with Gasteiger partial charge in [0.2, 0.25) is 0 Å². The van der Waals surface area contributed by atoms with Crippen molar-refractivity contribution in [3.63, 3.8) is 0 Å². The topological polar surface area (TPSA) is 75.8 Å². The summed E-state index contributed by atoms with van der Waals surface area (Å²) in [6, 6.07) is 7.39. The average molecular weight is 222 g/mol. The Kier molecular flexibility index (Phi) is 3.07. The lowest BCUT2D eigenvalue weighted by atomic mass is 10.2. The molecule has 0 aromatic heterocycles. The van der Waals surface area contributed by atoms with E-state index in [1.54, 1.807) is 0 Å². The van der Waals surface area contributed by atoms with E-state index in [1.807, 2.05) is 24.3 Å². The summed E-state index contributed by atoms with van der Waals surface area (Å²) in [5.41, 5.74) is 7.26. The molecule has 1 saturated heterocycles. The van der Waals surface area contributed by atoms with E-state index < -0.39 is 12.2 Å². The summed E-state index contributed by atoms with van der Waals surface area (Å²) in [7, 11) is 0. The minimum atomic E-state index is -0.429. The van der Waals surface area contributed by atoms with Crippen LogP contribution in [0.2, 0.25) is 0 Å². The smallest absolute Gasteiger partial charge is 0.414 e. The second kappa shape index (κ2) is 4.51. The Labute approximate surface area is 93.4 Å². The van der Waals surface area contributed by atoms with Crippen molar-refractivity contribution in [3.8, 4) is 0 Å². The van der Waals surface area contributed by atoms with E-state index >= 15 is 0 Å². The number of amides is 1. The summed E-state index contributed by atoms with van der Waals surface area (Å²) in [5, 5.41) is 8.91. The number of aliphatic hydroxyl groups is 1. The molecule has 3 N–H and O–H groups in total. The van der Waals surface area contributed by atoms with E-state index in [1.165, 1.54) is 4.90 Å². The lowest BCUT2D eigenvalue weighted by Gasteiger charge is -2.12. The third-order valence-corrected chi connectivity index (χ3v) is 2.56. The van der Waals surface area contributed by atoms with Crippen molar-refractivity contribution in [2.24, 2.45) is 5.73 Å². The van der Waals surface area contributed by atoms with Gasteiger partial charge in [-0.05, 0) is 17.7 Å². The van der Waals surface area contributed by atoms with Crippen LogP contribution >= 0.6 is 0 Å². The van der Waals surface area contributed by atoms with Gasteiger partial charge in [0.25, 0.3) is 0 Å². The van der Waals surface area contributed by atoms with Crippen molar-refractivity contribution < 1.29 is 14.6 Å². The van der Waals surface area contributed by atoms with Crippen LogP contribution in [0.5, 0.6) is 0 Å². The Morgan fingerprint density at radius 1 is 1.44 bits per heavy atom. The highest BCUT2D eigenvalue weighted by atomic mass is 16.6. The van der Waals surface area contributed by atoms with Crippen molar-refractivity contribution in [3.05, 3.63) is 29.8 Å². The third kappa shape index (κ3) is 2.00. The van der Waals surface area contributed by atoms with Crippen LogP contribution in [0.15, 0.2) is 24.3 Å². The van der Waals surface area contributed by atoms with Gasteiger partial charge in [-0.2, -0.15) is 0 Å². The monoisotopic (exact) mass is 222 g/mol. The molecular formula is C11H14N2O3. The Bertz CT molecular complexity index is 377. The van der Waals surface area contributed by atoms with Crippen molar-refractivity contribution in [1.82, 2.24) is 0 Å². The molecule has 0 spiro atoms. The highest BCUT2D eigenvalue weighted by Crippen LogP contribution is 2.21. The largest absolute Gasteiger partial charge is 0.441 e. The van der Waals surface area contributed by atoms with Gasteiger partial charge in [0.15, 0.2) is 0 Å². The van der Waals surface area contributed by atoms with Crippen LogP contribution in [-0.4, -0.2) is 30.5 Å². The number of carbonyl (C=O) groups is 1. The predicted octanol–water partition coefficient (Wildman–Crippen LogP) is 0.463. The van der Waals surface area contributed by atoms with Gasteiger partial charge >= 0.3 is 6.09 Å². The number of cyclic esters (lactones) is 1. The van der Waals surface area contributed by atoms with E-state index in [0.717, 1.165) is 11.3 Å². The highest BCUT2D eigenvalue weighted by molar-refractivity contribution is 5.89. The van der Waals surface area contributed by atoms with Gasteiger partial charge in [0.1, 0.15) is 6.10 Å². The Balaban J connectivity index is 2.15. The molecule has 0 saturated carbocycles. The van der Waals surface area contributed by atoms with Crippen LogP contribution in [0, 0.1) is 0 Å². The first-order valence-corrected chi connectivity index (χ1v) is 5.12. The molecule has 0 unspecified atom stereocenters. The van der Waals surface area contributed by atoms with Gasteiger partial charge in [-0.1, -0.05) is 12.1 Å². The summed E-state index contributed by atoms with van der Waals surface area (Å²) in [4.78, 5) is 13.0. The van der Waals surface area contributed by atoms with E-state index in [4.69, 9.17) is 15.6 Å². The first-order chi connectivity index (χ1) is 7.74. The summed E-state index contributed by atoms with van der Waals surface area (Å²) in [5.74, 6) is 0. The highest BCUT2D eigenvalue weighted by Gasteiger charge is 2.31. The molecule has 16 heavy (non-hydrogen) atoms. The molecular weight excluding hydrogens is 208 g/mol. The zero-order chi connectivity index (χ0) is 11.5. The molecule has 2 rings (SSSR count). The average Bonchev–Trinajstić information content (AvgIpc) is 2.71. The minimum Gasteiger partial charge on any atom is -0.441 e. The number of hydrogen-bond donors (Lipinski definition) is 2. The van der Waals surface area contributed by atoms with Crippen LogP contribution in [-0.2, 0) is 11.3 Å². The summed E-state index contributed by atoms with van der Waals surface area (Å²) in [6.45, 7) is 0.713. The molecule has 0 bridgehead atoms. The van der Waals surface area contributed by atoms with Crippen LogP contribution in [0.3, 0.4) is 0 Å². The maximum Gasteiger partial charge on any atom is 0.414 e. The molecule has 1 aliphatic rings. The number of nitrogens with two attached hydrogens (primary N) is 1. The number of benzene rings is 1. The normalized spacial score (nSPS) is 20.0. The molecule has 5 nitrogen and oxygen atoms in total. The van der Waals surface area contributed by atoms with Crippen LogP contribution in [0.25, 0.3) is 0 Å². The van der Waals surface area contributed by atoms with Crippen molar-refractivity contribution >= 4 is 11.8 Å². The van der Waals surface area contributed by atoms with E-state index in [-0.39, 0.29) is 6.61 Å². The number of rotatable bonds is 3. The fourth-order valence-electron chi connectivity index (χ4n) is 1.64. The zero-order valence-corrected chi connectivity index (χ0v) is 8.80. The quantitative estimate of drug-likeness (QED) is 0.779. The number of carbonyl (C=O) groups excluding carboxylic acids is 1. The molecule has 1 aliphatic heterocycles.